The van der Waals surface area contributed by atoms with E-state index in [-0.39, 0.29) is 12.5 Å². The van der Waals surface area contributed by atoms with E-state index in [0.29, 0.717) is 6.10 Å². The van der Waals surface area contributed by atoms with Crippen LogP contribution >= 0.6 is 11.6 Å². The monoisotopic (exact) mass is 254 g/mol. The Labute approximate surface area is 108 Å². The van der Waals surface area contributed by atoms with Gasteiger partial charge in [-0.1, -0.05) is 23.7 Å². The van der Waals surface area contributed by atoms with Crippen molar-refractivity contribution in [2.75, 3.05) is 13.2 Å². The van der Waals surface area contributed by atoms with Crippen molar-refractivity contribution in [1.82, 2.24) is 0 Å². The lowest BCUT2D eigenvalue weighted by Gasteiger charge is -2.18. The number of hydrogen-bond acceptors (Lipinski definition) is 2. The van der Waals surface area contributed by atoms with Crippen LogP contribution in [0.3, 0.4) is 0 Å². The molecule has 1 aromatic rings. The number of aliphatic hydroxyl groups is 1. The highest BCUT2D eigenvalue weighted by molar-refractivity contribution is 6.30. The molecule has 0 amide bonds. The molecule has 0 radical (unpaired) electrons. The minimum absolute atomic E-state index is 0.215. The largest absolute Gasteiger partial charge is 0.396 e. The lowest BCUT2D eigenvalue weighted by atomic mass is 9.93. The molecular weight excluding hydrogens is 236 g/mol. The van der Waals surface area contributed by atoms with Crippen molar-refractivity contribution in [3.63, 3.8) is 0 Å². The van der Waals surface area contributed by atoms with Crippen LogP contribution in [0, 0.1) is 5.92 Å². The number of aliphatic hydroxyl groups excluding tert-OH is 1. The summed E-state index contributed by atoms with van der Waals surface area (Å²) in [5.74, 6) is 0.275. The molecule has 2 rings (SSSR count). The van der Waals surface area contributed by atoms with Crippen molar-refractivity contribution in [2.45, 2.75) is 31.8 Å². The fourth-order valence-corrected chi connectivity index (χ4v) is 2.63. The molecule has 2 atom stereocenters. The molecule has 1 heterocycles. The predicted molar refractivity (Wildman–Crippen MR) is 69.3 cm³/mol. The summed E-state index contributed by atoms with van der Waals surface area (Å²) in [4.78, 5) is 0. The van der Waals surface area contributed by atoms with Crippen LogP contribution in [0.1, 0.15) is 24.8 Å². The van der Waals surface area contributed by atoms with Gasteiger partial charge in [-0.2, -0.15) is 0 Å². The second kappa shape index (κ2) is 6.39. The van der Waals surface area contributed by atoms with E-state index in [1.807, 2.05) is 18.2 Å². The van der Waals surface area contributed by atoms with E-state index in [2.05, 4.69) is 6.07 Å². The van der Waals surface area contributed by atoms with Gasteiger partial charge in [0, 0.05) is 18.2 Å². The smallest absolute Gasteiger partial charge is 0.0579 e. The van der Waals surface area contributed by atoms with Crippen LogP contribution < -0.4 is 0 Å². The molecule has 2 unspecified atom stereocenters. The maximum atomic E-state index is 9.43. The van der Waals surface area contributed by atoms with E-state index in [1.165, 1.54) is 5.56 Å². The summed E-state index contributed by atoms with van der Waals surface area (Å²) in [6, 6.07) is 7.86. The second-order valence-electron chi connectivity index (χ2n) is 4.75. The second-order valence-corrected chi connectivity index (χ2v) is 5.19. The summed E-state index contributed by atoms with van der Waals surface area (Å²) in [5, 5.41) is 10.2. The van der Waals surface area contributed by atoms with Crippen molar-refractivity contribution in [1.29, 1.82) is 0 Å². The molecule has 2 nitrogen and oxygen atoms in total. The number of benzene rings is 1. The van der Waals surface area contributed by atoms with Crippen molar-refractivity contribution in [3.05, 3.63) is 34.9 Å². The maximum absolute atomic E-state index is 9.43. The first kappa shape index (κ1) is 12.9. The molecule has 0 spiro atoms. The van der Waals surface area contributed by atoms with Crippen LogP contribution in [0.25, 0.3) is 0 Å². The molecule has 0 bridgehead atoms. The van der Waals surface area contributed by atoms with Gasteiger partial charge in [-0.25, -0.2) is 0 Å². The number of rotatable bonds is 5. The van der Waals surface area contributed by atoms with Gasteiger partial charge in [-0.15, -0.1) is 0 Å². The van der Waals surface area contributed by atoms with Crippen LogP contribution in [-0.4, -0.2) is 24.4 Å². The predicted octanol–water partition coefficient (Wildman–Crippen LogP) is 3.06. The Balaban J connectivity index is 1.90. The number of halogens is 1. The molecule has 1 fully saturated rings. The standard InChI is InChI=1S/C14H19ClO2/c15-13-4-1-3-11(8-13)7-12(10-16)9-14-5-2-6-17-14/h1,3-4,8,12,14,16H,2,5-7,9-10H2. The van der Waals surface area contributed by atoms with E-state index >= 15 is 0 Å². The summed E-state index contributed by atoms with van der Waals surface area (Å²) in [6.45, 7) is 1.09. The highest BCUT2D eigenvalue weighted by atomic mass is 35.5. The maximum Gasteiger partial charge on any atom is 0.0579 e. The van der Waals surface area contributed by atoms with Crippen LogP contribution in [-0.2, 0) is 11.2 Å². The van der Waals surface area contributed by atoms with E-state index in [0.717, 1.165) is 37.3 Å². The molecule has 0 aliphatic carbocycles. The summed E-state index contributed by atoms with van der Waals surface area (Å²) in [5.41, 5.74) is 1.19. The average Bonchev–Trinajstić information content (AvgIpc) is 2.81. The van der Waals surface area contributed by atoms with Crippen molar-refractivity contribution in [3.8, 4) is 0 Å². The highest BCUT2D eigenvalue weighted by Gasteiger charge is 2.20. The van der Waals surface area contributed by atoms with Gasteiger partial charge >= 0.3 is 0 Å². The Hall–Kier alpha value is -0.570. The SMILES string of the molecule is OCC(Cc1cccc(Cl)c1)CC1CCCO1. The van der Waals surface area contributed by atoms with Crippen LogP contribution in [0.2, 0.25) is 5.02 Å². The topological polar surface area (TPSA) is 29.5 Å². The lowest BCUT2D eigenvalue weighted by molar-refractivity contribution is 0.0766. The van der Waals surface area contributed by atoms with Crippen molar-refractivity contribution >= 4 is 11.6 Å². The van der Waals surface area contributed by atoms with Crippen LogP contribution in [0.4, 0.5) is 0 Å². The average molecular weight is 255 g/mol. The molecule has 0 saturated carbocycles. The van der Waals surface area contributed by atoms with E-state index in [4.69, 9.17) is 16.3 Å². The van der Waals surface area contributed by atoms with E-state index in [9.17, 15) is 5.11 Å². The molecule has 0 aromatic heterocycles. The molecule has 1 saturated heterocycles. The number of ether oxygens (including phenoxy) is 1. The lowest BCUT2D eigenvalue weighted by Crippen LogP contribution is -2.18. The molecular formula is C14H19ClO2. The fourth-order valence-electron chi connectivity index (χ4n) is 2.42. The van der Waals surface area contributed by atoms with Gasteiger partial charge in [-0.3, -0.25) is 0 Å². The molecule has 1 aliphatic rings. The summed E-state index contributed by atoms with van der Waals surface area (Å²) < 4.78 is 5.61. The van der Waals surface area contributed by atoms with Gasteiger partial charge < -0.3 is 9.84 Å². The molecule has 1 aliphatic heterocycles. The van der Waals surface area contributed by atoms with Gasteiger partial charge in [0.2, 0.25) is 0 Å². The third kappa shape index (κ3) is 3.98. The number of hydrogen-bond donors (Lipinski definition) is 1. The minimum atomic E-state index is 0.215. The Morgan fingerprint density at radius 3 is 3.00 bits per heavy atom. The van der Waals surface area contributed by atoms with Gasteiger partial charge in [0.15, 0.2) is 0 Å². The zero-order valence-corrected chi connectivity index (χ0v) is 10.7. The molecule has 1 N–H and O–H groups in total. The van der Waals surface area contributed by atoms with Gasteiger partial charge in [0.1, 0.15) is 0 Å². The van der Waals surface area contributed by atoms with Crippen molar-refractivity contribution < 1.29 is 9.84 Å². The molecule has 3 heteroatoms. The van der Waals surface area contributed by atoms with E-state index < -0.39 is 0 Å². The van der Waals surface area contributed by atoms with Crippen molar-refractivity contribution in [2.24, 2.45) is 5.92 Å². The Kier molecular flexibility index (Phi) is 4.84. The Morgan fingerprint density at radius 1 is 1.47 bits per heavy atom. The quantitative estimate of drug-likeness (QED) is 0.875. The molecule has 17 heavy (non-hydrogen) atoms. The van der Waals surface area contributed by atoms with Gasteiger partial charge in [-0.05, 0) is 49.3 Å². The normalized spacial score (nSPS) is 21.6. The van der Waals surface area contributed by atoms with E-state index in [1.54, 1.807) is 0 Å². The van der Waals surface area contributed by atoms with Crippen LogP contribution in [0.15, 0.2) is 24.3 Å². The fraction of sp³-hybridized carbons (Fsp3) is 0.571. The van der Waals surface area contributed by atoms with Gasteiger partial charge in [0.25, 0.3) is 0 Å². The molecule has 94 valence electrons. The first-order chi connectivity index (χ1) is 8.28. The summed E-state index contributed by atoms with van der Waals surface area (Å²) >= 11 is 5.95. The molecule has 1 aromatic carbocycles. The van der Waals surface area contributed by atoms with Gasteiger partial charge in [0.05, 0.1) is 6.10 Å². The first-order valence-corrected chi connectivity index (χ1v) is 6.62. The Bertz CT molecular complexity index is 348. The third-order valence-electron chi connectivity index (χ3n) is 3.29. The first-order valence-electron chi connectivity index (χ1n) is 6.25. The minimum Gasteiger partial charge on any atom is -0.396 e. The summed E-state index contributed by atoms with van der Waals surface area (Å²) in [6.07, 6.45) is 4.44. The highest BCUT2D eigenvalue weighted by Crippen LogP contribution is 2.23. The Morgan fingerprint density at radius 2 is 2.35 bits per heavy atom. The zero-order chi connectivity index (χ0) is 12.1. The third-order valence-corrected chi connectivity index (χ3v) is 3.53. The van der Waals surface area contributed by atoms with Crippen LogP contribution in [0.5, 0.6) is 0 Å². The zero-order valence-electron chi connectivity index (χ0n) is 9.94. The summed E-state index contributed by atoms with van der Waals surface area (Å²) in [7, 11) is 0.